The van der Waals surface area contributed by atoms with Crippen molar-refractivity contribution in [1.82, 2.24) is 4.98 Å². The van der Waals surface area contributed by atoms with Crippen molar-refractivity contribution in [3.8, 4) is 0 Å². The van der Waals surface area contributed by atoms with Crippen LogP contribution in [0.15, 0.2) is 40.5 Å². The fourth-order valence-corrected chi connectivity index (χ4v) is 4.35. The number of carbonyl (C=O) groups is 1. The predicted octanol–water partition coefficient (Wildman–Crippen LogP) is 2.16. The number of aliphatic imine (C=N–C) groups is 1. The van der Waals surface area contributed by atoms with Crippen molar-refractivity contribution < 1.29 is 9.90 Å². The lowest BCUT2D eigenvalue weighted by Crippen LogP contribution is -2.42. The molecular weight excluding hydrogens is 302 g/mol. The monoisotopic (exact) mass is 325 g/mol. The second-order valence-corrected chi connectivity index (χ2v) is 7.30. The Labute approximate surface area is 142 Å². The largest absolute Gasteiger partial charge is 0.385 e. The van der Waals surface area contributed by atoms with Crippen LogP contribution in [-0.4, -0.2) is 46.8 Å². The van der Waals surface area contributed by atoms with Gasteiger partial charge in [0.1, 0.15) is 11.6 Å². The van der Waals surface area contributed by atoms with Gasteiger partial charge in [-0.3, -0.25) is 9.79 Å². The molecule has 0 spiro atoms. The minimum atomic E-state index is -1.04. The van der Waals surface area contributed by atoms with Gasteiger partial charge in [0.05, 0.1) is 12.1 Å². The summed E-state index contributed by atoms with van der Waals surface area (Å²) >= 11 is 0. The summed E-state index contributed by atoms with van der Waals surface area (Å²) in [4.78, 5) is 23.3. The maximum atomic E-state index is 11.8. The lowest BCUT2D eigenvalue weighted by atomic mass is 9.74. The third-order valence-corrected chi connectivity index (χ3v) is 5.40. The van der Waals surface area contributed by atoms with E-state index < -0.39 is 5.60 Å². The Balaban J connectivity index is 1.50. The number of hydrogen-bond donors (Lipinski definition) is 1. The van der Waals surface area contributed by atoms with Crippen molar-refractivity contribution in [3.63, 3.8) is 0 Å². The Kier molecular flexibility index (Phi) is 3.76. The summed E-state index contributed by atoms with van der Waals surface area (Å²) in [6.07, 6.45) is 4.53. The summed E-state index contributed by atoms with van der Waals surface area (Å²) in [7, 11) is 0. The normalized spacial score (nSPS) is 28.2. The van der Waals surface area contributed by atoms with E-state index >= 15 is 0 Å². The third kappa shape index (κ3) is 2.67. The highest BCUT2D eigenvalue weighted by Gasteiger charge is 2.43. The Hall–Kier alpha value is -2.01. The molecule has 4 rings (SSSR count). The summed E-state index contributed by atoms with van der Waals surface area (Å²) in [5, 5.41) is 10.8. The number of rotatable bonds is 2. The van der Waals surface area contributed by atoms with E-state index in [0.717, 1.165) is 48.6 Å². The average Bonchev–Trinajstić information content (AvgIpc) is 3.00. The number of aliphatic hydroxyl groups is 1. The molecule has 0 bridgehead atoms. The Morgan fingerprint density at radius 1 is 1.29 bits per heavy atom. The van der Waals surface area contributed by atoms with Gasteiger partial charge in [0.15, 0.2) is 0 Å². The molecule has 1 N–H and O–H groups in total. The number of anilines is 1. The smallest absolute Gasteiger partial charge is 0.140 e. The maximum absolute atomic E-state index is 11.8. The zero-order valence-corrected chi connectivity index (χ0v) is 14.0. The van der Waals surface area contributed by atoms with Gasteiger partial charge >= 0.3 is 0 Å². The number of nitrogens with zero attached hydrogens (tertiary/aromatic N) is 3. The standard InChI is InChI=1S/C19H23N3O2/c1-19(24)11-15(23)10-14-12-21-18(17(14)19)13-5-8-22(9-6-13)16-4-2-3-7-20-16/h2-4,7,13,24H,5-6,8-12H2,1H3. The summed E-state index contributed by atoms with van der Waals surface area (Å²) < 4.78 is 0. The first-order valence-electron chi connectivity index (χ1n) is 8.72. The predicted molar refractivity (Wildman–Crippen MR) is 93.4 cm³/mol. The number of hydrogen-bond acceptors (Lipinski definition) is 5. The van der Waals surface area contributed by atoms with Crippen molar-refractivity contribution >= 4 is 17.3 Å². The number of ketones is 1. The quantitative estimate of drug-likeness (QED) is 0.905. The minimum Gasteiger partial charge on any atom is -0.385 e. The molecule has 24 heavy (non-hydrogen) atoms. The first-order valence-corrected chi connectivity index (χ1v) is 8.72. The van der Waals surface area contributed by atoms with Gasteiger partial charge < -0.3 is 10.0 Å². The van der Waals surface area contributed by atoms with E-state index in [9.17, 15) is 9.90 Å². The molecule has 0 aromatic carbocycles. The second kappa shape index (κ2) is 5.81. The Bertz CT molecular complexity index is 713. The van der Waals surface area contributed by atoms with E-state index in [2.05, 4.69) is 9.88 Å². The first-order chi connectivity index (χ1) is 11.5. The van der Waals surface area contributed by atoms with Crippen LogP contribution >= 0.6 is 0 Å². The third-order valence-electron chi connectivity index (χ3n) is 5.40. The minimum absolute atomic E-state index is 0.125. The number of pyridine rings is 1. The van der Waals surface area contributed by atoms with Gasteiger partial charge in [0, 0.05) is 49.3 Å². The van der Waals surface area contributed by atoms with E-state index in [1.165, 1.54) is 0 Å². The van der Waals surface area contributed by atoms with Gasteiger partial charge in [-0.2, -0.15) is 0 Å². The molecule has 126 valence electrons. The molecule has 3 aliphatic rings. The van der Waals surface area contributed by atoms with E-state index in [1.807, 2.05) is 24.4 Å². The van der Waals surface area contributed by atoms with E-state index in [1.54, 1.807) is 6.92 Å². The Morgan fingerprint density at radius 2 is 2.08 bits per heavy atom. The number of carbonyl (C=O) groups excluding carboxylic acids is 1. The molecule has 1 aliphatic carbocycles. The lowest BCUT2D eigenvalue weighted by molar-refractivity contribution is -0.122. The summed E-state index contributed by atoms with van der Waals surface area (Å²) in [5.74, 6) is 1.52. The second-order valence-electron chi connectivity index (χ2n) is 7.30. The molecule has 0 amide bonds. The molecule has 0 saturated carbocycles. The zero-order chi connectivity index (χ0) is 16.7. The molecule has 2 aliphatic heterocycles. The average molecular weight is 325 g/mol. The maximum Gasteiger partial charge on any atom is 0.140 e. The first kappa shape index (κ1) is 15.5. The molecule has 1 aromatic heterocycles. The van der Waals surface area contributed by atoms with Crippen LogP contribution < -0.4 is 4.90 Å². The van der Waals surface area contributed by atoms with Crippen LogP contribution in [0.1, 0.15) is 32.6 Å². The molecule has 1 fully saturated rings. The van der Waals surface area contributed by atoms with Crippen molar-refractivity contribution in [1.29, 1.82) is 0 Å². The highest BCUT2D eigenvalue weighted by atomic mass is 16.3. The molecular formula is C19H23N3O2. The molecule has 1 saturated heterocycles. The van der Waals surface area contributed by atoms with Gasteiger partial charge in [0.2, 0.25) is 0 Å². The van der Waals surface area contributed by atoms with E-state index in [-0.39, 0.29) is 12.2 Å². The van der Waals surface area contributed by atoms with Crippen molar-refractivity contribution in [2.24, 2.45) is 10.9 Å². The number of Topliss-reactive ketones (excluding diaryl/α,β-unsaturated/α-hetero) is 1. The van der Waals surface area contributed by atoms with Crippen molar-refractivity contribution in [2.45, 2.75) is 38.2 Å². The molecule has 5 nitrogen and oxygen atoms in total. The fourth-order valence-electron chi connectivity index (χ4n) is 4.35. The number of piperidine rings is 1. The summed E-state index contributed by atoms with van der Waals surface area (Å²) in [6.45, 7) is 4.25. The van der Waals surface area contributed by atoms with Crippen LogP contribution in [0.2, 0.25) is 0 Å². The van der Waals surface area contributed by atoms with Gasteiger partial charge in [-0.15, -0.1) is 0 Å². The van der Waals surface area contributed by atoms with Crippen LogP contribution in [-0.2, 0) is 4.79 Å². The van der Waals surface area contributed by atoms with Gasteiger partial charge in [-0.25, -0.2) is 4.98 Å². The molecule has 0 radical (unpaired) electrons. The van der Waals surface area contributed by atoms with Crippen LogP contribution in [0.3, 0.4) is 0 Å². The highest BCUT2D eigenvalue weighted by molar-refractivity contribution is 6.08. The van der Waals surface area contributed by atoms with Crippen LogP contribution in [0.25, 0.3) is 0 Å². The molecule has 3 heterocycles. The van der Waals surface area contributed by atoms with Gasteiger partial charge in [-0.05, 0) is 37.5 Å². The van der Waals surface area contributed by atoms with E-state index in [4.69, 9.17) is 4.99 Å². The molecule has 1 aromatic rings. The fraction of sp³-hybridized carbons (Fsp3) is 0.526. The van der Waals surface area contributed by atoms with E-state index in [0.29, 0.717) is 18.9 Å². The number of aromatic nitrogens is 1. The van der Waals surface area contributed by atoms with Crippen LogP contribution in [0, 0.1) is 5.92 Å². The lowest BCUT2D eigenvalue weighted by Gasteiger charge is -2.36. The SMILES string of the molecule is CC1(O)CC(=O)CC2=C1C(C1CCN(c3ccccn3)CC1)=NC2. The van der Waals surface area contributed by atoms with Crippen LogP contribution in [0.4, 0.5) is 5.82 Å². The Morgan fingerprint density at radius 3 is 2.79 bits per heavy atom. The van der Waals surface area contributed by atoms with Crippen LogP contribution in [0.5, 0.6) is 0 Å². The molecule has 1 unspecified atom stereocenters. The molecule has 1 atom stereocenters. The summed E-state index contributed by atoms with van der Waals surface area (Å²) in [6, 6.07) is 6.00. The zero-order valence-electron chi connectivity index (χ0n) is 14.0. The van der Waals surface area contributed by atoms with Crippen molar-refractivity contribution in [3.05, 3.63) is 35.5 Å². The molecule has 5 heteroatoms. The van der Waals surface area contributed by atoms with Crippen molar-refractivity contribution in [2.75, 3.05) is 24.5 Å². The van der Waals surface area contributed by atoms with Gasteiger partial charge in [0.25, 0.3) is 0 Å². The highest BCUT2D eigenvalue weighted by Crippen LogP contribution is 2.39. The topological polar surface area (TPSA) is 65.8 Å². The summed E-state index contributed by atoms with van der Waals surface area (Å²) in [5.41, 5.74) is 2.03. The van der Waals surface area contributed by atoms with Gasteiger partial charge in [-0.1, -0.05) is 6.07 Å².